The molecule has 2 rings (SSSR count). The largest absolute Gasteiger partial charge is 0.497 e. The third kappa shape index (κ3) is 4.30. The summed E-state index contributed by atoms with van der Waals surface area (Å²) >= 11 is 0. The fraction of sp³-hybridized carbons (Fsp3) is 0.700. The molecule has 0 saturated carbocycles. The summed E-state index contributed by atoms with van der Waals surface area (Å²) in [6.45, 7) is 11.8. The van der Waals surface area contributed by atoms with Crippen LogP contribution in [-0.2, 0) is 5.41 Å². The normalized spacial score (nSPS) is 25.2. The fourth-order valence-corrected chi connectivity index (χ4v) is 4.32. The molecule has 1 aliphatic heterocycles. The second-order valence-electron chi connectivity index (χ2n) is 7.08. The van der Waals surface area contributed by atoms with Gasteiger partial charge >= 0.3 is 0 Å². The maximum Gasteiger partial charge on any atom is 0.119 e. The van der Waals surface area contributed by atoms with Crippen molar-refractivity contribution < 1.29 is 4.74 Å². The van der Waals surface area contributed by atoms with Crippen molar-refractivity contribution in [3.8, 4) is 5.75 Å². The Kier molecular flexibility index (Phi) is 8.09. The van der Waals surface area contributed by atoms with Gasteiger partial charge in [0.05, 0.1) is 7.11 Å². The maximum absolute atomic E-state index is 5.49. The molecule has 23 heavy (non-hydrogen) atoms. The second kappa shape index (κ2) is 9.08. The molecule has 0 aliphatic carbocycles. The van der Waals surface area contributed by atoms with E-state index >= 15 is 0 Å². The van der Waals surface area contributed by atoms with Crippen molar-refractivity contribution in [2.24, 2.45) is 5.92 Å². The molecule has 3 heteroatoms. The fourth-order valence-electron chi connectivity index (χ4n) is 4.32. The molecule has 1 aliphatic rings. The molecule has 0 radical (unpaired) electrons. The van der Waals surface area contributed by atoms with E-state index < -0.39 is 0 Å². The third-order valence-electron chi connectivity index (χ3n) is 5.65. The number of hydrogen-bond acceptors (Lipinski definition) is 2. The molecular weight excluding hydrogens is 350 g/mol. The molecule has 1 saturated heterocycles. The summed E-state index contributed by atoms with van der Waals surface area (Å²) in [6.07, 6.45) is 5.05. The summed E-state index contributed by atoms with van der Waals surface area (Å²) in [5.74, 6) is 1.73. The van der Waals surface area contributed by atoms with Gasteiger partial charge in [-0.25, -0.2) is 0 Å². The number of halogens is 1. The lowest BCUT2D eigenvalue weighted by Gasteiger charge is -2.50. The monoisotopic (exact) mass is 383 g/mol. The molecular formula is C20H34BrNO. The van der Waals surface area contributed by atoms with Crippen LogP contribution in [0.2, 0.25) is 0 Å². The summed E-state index contributed by atoms with van der Waals surface area (Å²) < 4.78 is 5.49. The van der Waals surface area contributed by atoms with E-state index in [1.807, 2.05) is 0 Å². The van der Waals surface area contributed by atoms with E-state index in [1.165, 1.54) is 44.3 Å². The highest BCUT2D eigenvalue weighted by Gasteiger charge is 2.43. The van der Waals surface area contributed by atoms with Crippen LogP contribution < -0.4 is 4.74 Å². The van der Waals surface area contributed by atoms with Gasteiger partial charge in [-0.1, -0.05) is 38.8 Å². The Labute approximate surface area is 153 Å². The summed E-state index contributed by atoms with van der Waals surface area (Å²) in [4.78, 5) is 2.66. The molecule has 132 valence electrons. The molecule has 0 amide bonds. The highest BCUT2D eigenvalue weighted by atomic mass is 79.9. The van der Waals surface area contributed by atoms with E-state index in [4.69, 9.17) is 4.74 Å². The number of ether oxygens (including phenoxy) is 1. The van der Waals surface area contributed by atoms with Gasteiger partial charge in [0, 0.05) is 18.0 Å². The smallest absolute Gasteiger partial charge is 0.119 e. The Morgan fingerprint density at radius 3 is 2.61 bits per heavy atom. The maximum atomic E-state index is 5.49. The van der Waals surface area contributed by atoms with Crippen molar-refractivity contribution >= 4 is 17.0 Å². The van der Waals surface area contributed by atoms with E-state index in [0.717, 1.165) is 11.7 Å². The van der Waals surface area contributed by atoms with E-state index in [2.05, 4.69) is 56.9 Å². The average Bonchev–Trinajstić information content (AvgIpc) is 2.55. The van der Waals surface area contributed by atoms with Gasteiger partial charge in [0.2, 0.25) is 0 Å². The molecule has 0 N–H and O–H groups in total. The molecule has 2 nitrogen and oxygen atoms in total. The summed E-state index contributed by atoms with van der Waals surface area (Å²) in [5, 5.41) is 0. The molecule has 2 atom stereocenters. The van der Waals surface area contributed by atoms with Crippen molar-refractivity contribution in [1.29, 1.82) is 0 Å². The second-order valence-corrected chi connectivity index (χ2v) is 7.08. The molecule has 1 aromatic carbocycles. The summed E-state index contributed by atoms with van der Waals surface area (Å²) in [6, 6.07) is 9.48. The first-order chi connectivity index (χ1) is 10.6. The highest BCUT2D eigenvalue weighted by Crippen LogP contribution is 2.46. The Balaban J connectivity index is 0.00000264. The number of benzene rings is 1. The first-order valence-corrected chi connectivity index (χ1v) is 8.96. The van der Waals surface area contributed by atoms with Crippen molar-refractivity contribution in [2.75, 3.05) is 20.2 Å². The van der Waals surface area contributed by atoms with Crippen LogP contribution in [0, 0.1) is 5.92 Å². The zero-order valence-corrected chi connectivity index (χ0v) is 17.2. The number of rotatable bonds is 6. The molecule has 2 unspecified atom stereocenters. The number of nitrogens with zero attached hydrogens (tertiary/aromatic N) is 1. The molecule has 1 heterocycles. The standard InChI is InChI=1S/C20H33NO.BrH/c1-6-11-20(18-9-8-10-19(14-18)22-5)12-13-21(16(3)4)15-17(20)7-2;/h8-10,14,16-17H,6-7,11-13,15H2,1-5H3;1H. The van der Waals surface area contributed by atoms with Gasteiger partial charge < -0.3 is 9.64 Å². The lowest BCUT2D eigenvalue weighted by atomic mass is 9.62. The van der Waals surface area contributed by atoms with Crippen molar-refractivity contribution in [3.63, 3.8) is 0 Å². The van der Waals surface area contributed by atoms with Crippen LogP contribution in [0.1, 0.15) is 58.9 Å². The van der Waals surface area contributed by atoms with E-state index in [0.29, 0.717) is 11.5 Å². The van der Waals surface area contributed by atoms with Crippen LogP contribution in [0.5, 0.6) is 5.75 Å². The van der Waals surface area contributed by atoms with Gasteiger partial charge in [-0.15, -0.1) is 17.0 Å². The van der Waals surface area contributed by atoms with E-state index in [-0.39, 0.29) is 17.0 Å². The SMILES string of the molecule is Br.CCCC1(c2cccc(OC)c2)CCN(C(C)C)CC1CC. The lowest BCUT2D eigenvalue weighted by molar-refractivity contribution is 0.0602. The minimum atomic E-state index is 0. The molecule has 1 fully saturated rings. The number of methoxy groups -OCH3 is 1. The summed E-state index contributed by atoms with van der Waals surface area (Å²) in [5.41, 5.74) is 1.81. The van der Waals surface area contributed by atoms with Crippen molar-refractivity contribution in [2.45, 2.75) is 64.8 Å². The van der Waals surface area contributed by atoms with Crippen molar-refractivity contribution in [1.82, 2.24) is 4.90 Å². The van der Waals surface area contributed by atoms with Crippen LogP contribution in [-0.4, -0.2) is 31.1 Å². The van der Waals surface area contributed by atoms with Crippen LogP contribution in [0.15, 0.2) is 24.3 Å². The van der Waals surface area contributed by atoms with Gasteiger partial charge in [-0.3, -0.25) is 0 Å². The first kappa shape index (κ1) is 20.5. The zero-order valence-electron chi connectivity index (χ0n) is 15.5. The van der Waals surface area contributed by atoms with E-state index in [1.54, 1.807) is 7.11 Å². The van der Waals surface area contributed by atoms with Crippen LogP contribution in [0.4, 0.5) is 0 Å². The predicted octanol–water partition coefficient (Wildman–Crippen LogP) is 5.45. The zero-order chi connectivity index (χ0) is 16.2. The molecule has 0 spiro atoms. The van der Waals surface area contributed by atoms with E-state index in [9.17, 15) is 0 Å². The van der Waals surface area contributed by atoms with Gasteiger partial charge in [0.15, 0.2) is 0 Å². The lowest BCUT2D eigenvalue weighted by Crippen LogP contribution is -2.51. The van der Waals surface area contributed by atoms with Gasteiger partial charge in [-0.2, -0.15) is 0 Å². The predicted molar refractivity (Wildman–Crippen MR) is 105 cm³/mol. The minimum absolute atomic E-state index is 0. The first-order valence-electron chi connectivity index (χ1n) is 8.96. The van der Waals surface area contributed by atoms with Gasteiger partial charge in [0.25, 0.3) is 0 Å². The van der Waals surface area contributed by atoms with Gasteiger partial charge in [0.1, 0.15) is 5.75 Å². The van der Waals surface area contributed by atoms with Crippen LogP contribution >= 0.6 is 17.0 Å². The molecule has 0 aromatic heterocycles. The Hall–Kier alpha value is -0.540. The number of likely N-dealkylation sites (tertiary alicyclic amines) is 1. The topological polar surface area (TPSA) is 12.5 Å². The Bertz CT molecular complexity index is 476. The number of piperidine rings is 1. The Morgan fingerprint density at radius 1 is 1.30 bits per heavy atom. The Morgan fingerprint density at radius 2 is 2.04 bits per heavy atom. The molecule has 1 aromatic rings. The van der Waals surface area contributed by atoms with Crippen LogP contribution in [0.25, 0.3) is 0 Å². The quantitative estimate of drug-likeness (QED) is 0.647. The third-order valence-corrected chi connectivity index (χ3v) is 5.65. The minimum Gasteiger partial charge on any atom is -0.497 e. The van der Waals surface area contributed by atoms with Crippen LogP contribution in [0.3, 0.4) is 0 Å². The molecule has 0 bridgehead atoms. The highest BCUT2D eigenvalue weighted by molar-refractivity contribution is 8.93. The number of hydrogen-bond donors (Lipinski definition) is 0. The van der Waals surface area contributed by atoms with Gasteiger partial charge in [-0.05, 0) is 56.8 Å². The average molecular weight is 384 g/mol. The van der Waals surface area contributed by atoms with Crippen molar-refractivity contribution in [3.05, 3.63) is 29.8 Å². The summed E-state index contributed by atoms with van der Waals surface area (Å²) in [7, 11) is 1.77.